The molecule has 1 amide bonds. The van der Waals surface area contributed by atoms with Crippen LogP contribution in [0.1, 0.15) is 17.7 Å². The lowest BCUT2D eigenvalue weighted by Crippen LogP contribution is -2.67. The highest BCUT2D eigenvalue weighted by molar-refractivity contribution is 7.10. The van der Waals surface area contributed by atoms with Crippen LogP contribution < -0.4 is 4.74 Å². The normalized spacial score (nSPS) is 22.2. The van der Waals surface area contributed by atoms with Crippen molar-refractivity contribution in [3.05, 3.63) is 46.9 Å². The molecule has 126 valence electrons. The number of carbonyl (C=O) groups is 1. The molecule has 0 radical (unpaired) electrons. The summed E-state index contributed by atoms with van der Waals surface area (Å²) in [7, 11) is 0. The van der Waals surface area contributed by atoms with E-state index in [1.165, 1.54) is 0 Å². The lowest BCUT2D eigenvalue weighted by molar-refractivity contribution is -0.192. The van der Waals surface area contributed by atoms with E-state index in [2.05, 4.69) is 4.98 Å². The second-order valence-electron chi connectivity index (χ2n) is 6.46. The van der Waals surface area contributed by atoms with Gasteiger partial charge in [0, 0.05) is 23.9 Å². The summed E-state index contributed by atoms with van der Waals surface area (Å²) in [6, 6.07) is 7.79. The van der Waals surface area contributed by atoms with Crippen LogP contribution in [-0.4, -0.2) is 47.2 Å². The molecule has 2 fully saturated rings. The molecule has 2 aromatic heterocycles. The summed E-state index contributed by atoms with van der Waals surface area (Å²) >= 11 is 1.63. The first-order chi connectivity index (χ1) is 11.7. The number of hydrogen-bond acceptors (Lipinski definition) is 5. The predicted octanol–water partition coefficient (Wildman–Crippen LogP) is 2.52. The van der Waals surface area contributed by atoms with Gasteiger partial charge >= 0.3 is 0 Å². The molecule has 4 rings (SSSR count). The summed E-state index contributed by atoms with van der Waals surface area (Å²) in [5, 5.41) is 2.00. The predicted molar refractivity (Wildman–Crippen MR) is 91.2 cm³/mol. The fourth-order valence-corrected chi connectivity index (χ4v) is 4.11. The summed E-state index contributed by atoms with van der Waals surface area (Å²) in [5.74, 6) is 0.978. The molecule has 0 aliphatic carbocycles. The molecule has 1 atom stereocenters. The minimum atomic E-state index is -0.226. The Labute approximate surface area is 145 Å². The van der Waals surface area contributed by atoms with Crippen LogP contribution in [0.15, 0.2) is 42.0 Å². The van der Waals surface area contributed by atoms with Crippen molar-refractivity contribution in [3.63, 3.8) is 0 Å². The fourth-order valence-electron chi connectivity index (χ4n) is 3.41. The van der Waals surface area contributed by atoms with E-state index in [1.54, 1.807) is 23.7 Å². The van der Waals surface area contributed by atoms with E-state index < -0.39 is 0 Å². The number of pyridine rings is 1. The molecular formula is C18H20N2O3S. The molecule has 2 aliphatic heterocycles. The molecule has 2 aliphatic rings. The number of thiophene rings is 1. The highest BCUT2D eigenvalue weighted by atomic mass is 32.1. The van der Waals surface area contributed by atoms with Crippen molar-refractivity contribution >= 4 is 17.2 Å². The molecule has 1 unspecified atom stereocenters. The first-order valence-corrected chi connectivity index (χ1v) is 9.11. The quantitative estimate of drug-likeness (QED) is 0.855. The van der Waals surface area contributed by atoms with Crippen molar-refractivity contribution in [2.24, 2.45) is 0 Å². The molecule has 0 saturated carbocycles. The van der Waals surface area contributed by atoms with Crippen LogP contribution in [0.5, 0.6) is 5.75 Å². The van der Waals surface area contributed by atoms with Crippen LogP contribution in [0.3, 0.4) is 0 Å². The van der Waals surface area contributed by atoms with Crippen molar-refractivity contribution in [1.29, 1.82) is 0 Å². The van der Waals surface area contributed by atoms with E-state index in [9.17, 15) is 4.79 Å². The third kappa shape index (κ3) is 3.30. The third-order valence-corrected chi connectivity index (χ3v) is 5.48. The van der Waals surface area contributed by atoms with Gasteiger partial charge in [0.2, 0.25) is 5.91 Å². The summed E-state index contributed by atoms with van der Waals surface area (Å²) in [6.07, 6.45) is 5.78. The summed E-state index contributed by atoms with van der Waals surface area (Å²) in [4.78, 5) is 19.4. The van der Waals surface area contributed by atoms with Crippen molar-refractivity contribution < 1.29 is 14.3 Å². The molecule has 4 heterocycles. The van der Waals surface area contributed by atoms with Gasteiger partial charge in [-0.1, -0.05) is 6.07 Å². The Morgan fingerprint density at radius 1 is 1.42 bits per heavy atom. The van der Waals surface area contributed by atoms with E-state index in [1.807, 2.05) is 34.5 Å². The Hall–Kier alpha value is -1.92. The van der Waals surface area contributed by atoms with E-state index in [0.717, 1.165) is 23.5 Å². The molecule has 1 spiro atoms. The highest BCUT2D eigenvalue weighted by Gasteiger charge is 2.49. The molecule has 5 nitrogen and oxygen atoms in total. The molecule has 2 aromatic rings. The van der Waals surface area contributed by atoms with Gasteiger partial charge in [0.25, 0.3) is 0 Å². The fraction of sp³-hybridized carbons (Fsp3) is 0.444. The van der Waals surface area contributed by atoms with Crippen molar-refractivity contribution in [1.82, 2.24) is 9.88 Å². The van der Waals surface area contributed by atoms with Gasteiger partial charge in [0.1, 0.15) is 17.5 Å². The van der Waals surface area contributed by atoms with Gasteiger partial charge in [-0.25, -0.2) is 0 Å². The monoisotopic (exact) mass is 344 g/mol. The number of ether oxygens (including phenoxy) is 2. The second-order valence-corrected chi connectivity index (χ2v) is 7.49. The number of amides is 1. The number of hydrogen-bond donors (Lipinski definition) is 0. The highest BCUT2D eigenvalue weighted by Crippen LogP contribution is 2.36. The number of carbonyl (C=O) groups excluding carboxylic acids is 1. The lowest BCUT2D eigenvalue weighted by Gasteiger charge is -2.52. The summed E-state index contributed by atoms with van der Waals surface area (Å²) in [5.41, 5.74) is -0.226. The Bertz CT molecular complexity index is 684. The SMILES string of the molecule is O=C(Cc1cccs1)N1CC2(CC(Oc3cccnc3)CCO2)C1. The minimum absolute atomic E-state index is 0.123. The lowest BCUT2D eigenvalue weighted by atomic mass is 9.84. The van der Waals surface area contributed by atoms with E-state index in [4.69, 9.17) is 9.47 Å². The first-order valence-electron chi connectivity index (χ1n) is 8.23. The van der Waals surface area contributed by atoms with Crippen LogP contribution in [0.25, 0.3) is 0 Å². The van der Waals surface area contributed by atoms with Crippen molar-refractivity contribution in [2.45, 2.75) is 31.0 Å². The van der Waals surface area contributed by atoms with Crippen molar-refractivity contribution in [2.75, 3.05) is 19.7 Å². The number of likely N-dealkylation sites (tertiary alicyclic amines) is 1. The molecule has 0 N–H and O–H groups in total. The number of aromatic nitrogens is 1. The Kier molecular flexibility index (Phi) is 4.24. The standard InChI is InChI=1S/C18H20N2O3S/c21-17(9-16-4-2-8-24-16)20-12-18(13-20)10-14(5-7-22-18)23-15-3-1-6-19-11-15/h1-4,6,8,11,14H,5,7,9-10,12-13H2. The van der Waals surface area contributed by atoms with Crippen LogP contribution in [0.2, 0.25) is 0 Å². The van der Waals surface area contributed by atoms with Gasteiger partial charge in [-0.3, -0.25) is 9.78 Å². The van der Waals surface area contributed by atoms with Gasteiger partial charge in [-0.2, -0.15) is 0 Å². The zero-order valence-electron chi connectivity index (χ0n) is 13.4. The van der Waals surface area contributed by atoms with Gasteiger partial charge in [-0.05, 0) is 23.6 Å². The van der Waals surface area contributed by atoms with Crippen LogP contribution >= 0.6 is 11.3 Å². The maximum atomic E-state index is 12.3. The van der Waals surface area contributed by atoms with Crippen LogP contribution in [-0.2, 0) is 16.0 Å². The number of rotatable bonds is 4. The van der Waals surface area contributed by atoms with Gasteiger partial charge in [-0.15, -0.1) is 11.3 Å². The van der Waals surface area contributed by atoms with Crippen molar-refractivity contribution in [3.8, 4) is 5.75 Å². The summed E-state index contributed by atoms with van der Waals surface area (Å²) < 4.78 is 12.0. The summed E-state index contributed by atoms with van der Waals surface area (Å²) in [6.45, 7) is 2.02. The maximum Gasteiger partial charge on any atom is 0.228 e. The maximum absolute atomic E-state index is 12.3. The zero-order chi connectivity index (χ0) is 16.4. The molecule has 6 heteroatoms. The van der Waals surface area contributed by atoms with Crippen LogP contribution in [0.4, 0.5) is 0 Å². The van der Waals surface area contributed by atoms with Gasteiger partial charge in [0.05, 0.1) is 32.3 Å². The zero-order valence-corrected chi connectivity index (χ0v) is 14.2. The van der Waals surface area contributed by atoms with Gasteiger partial charge < -0.3 is 14.4 Å². The molecule has 0 aromatic carbocycles. The third-order valence-electron chi connectivity index (χ3n) is 4.60. The first kappa shape index (κ1) is 15.6. The molecule has 0 bridgehead atoms. The molecule has 24 heavy (non-hydrogen) atoms. The van der Waals surface area contributed by atoms with E-state index >= 15 is 0 Å². The van der Waals surface area contributed by atoms with Crippen LogP contribution in [0, 0.1) is 0 Å². The largest absolute Gasteiger partial charge is 0.489 e. The number of nitrogens with zero attached hydrogens (tertiary/aromatic N) is 2. The Morgan fingerprint density at radius 2 is 2.33 bits per heavy atom. The average molecular weight is 344 g/mol. The Morgan fingerprint density at radius 3 is 3.08 bits per heavy atom. The Balaban J connectivity index is 1.31. The smallest absolute Gasteiger partial charge is 0.228 e. The minimum Gasteiger partial charge on any atom is -0.489 e. The van der Waals surface area contributed by atoms with Gasteiger partial charge in [0.15, 0.2) is 0 Å². The van der Waals surface area contributed by atoms with E-state index in [0.29, 0.717) is 26.1 Å². The average Bonchev–Trinajstić information content (AvgIpc) is 3.06. The molecule has 2 saturated heterocycles. The second kappa shape index (κ2) is 6.53. The topological polar surface area (TPSA) is 51.7 Å². The van der Waals surface area contributed by atoms with E-state index in [-0.39, 0.29) is 17.6 Å². The molecular weight excluding hydrogens is 324 g/mol.